The Kier molecular flexibility index (Phi) is 3.49. The lowest BCUT2D eigenvalue weighted by atomic mass is 10.1. The van der Waals surface area contributed by atoms with E-state index < -0.39 is 32.8 Å². The molecule has 1 aromatic carbocycles. The van der Waals surface area contributed by atoms with Crippen molar-refractivity contribution in [2.24, 2.45) is 5.14 Å². The van der Waals surface area contributed by atoms with E-state index in [9.17, 15) is 26.0 Å². The van der Waals surface area contributed by atoms with Crippen LogP contribution in [0.1, 0.15) is 16.4 Å². The minimum atomic E-state index is -5.09. The lowest BCUT2D eigenvalue weighted by Gasteiger charge is -2.20. The van der Waals surface area contributed by atoms with Gasteiger partial charge in [0.25, 0.3) is 0 Å². The van der Waals surface area contributed by atoms with Gasteiger partial charge in [-0.15, -0.1) is 0 Å². The fourth-order valence-corrected chi connectivity index (χ4v) is 2.41. The van der Waals surface area contributed by atoms with Crippen LogP contribution in [0.3, 0.4) is 0 Å². The molecular formula is C9H9F4NO2S. The van der Waals surface area contributed by atoms with Gasteiger partial charge in [-0.25, -0.2) is 17.9 Å². The molecule has 1 unspecified atom stereocenters. The third kappa shape index (κ3) is 3.16. The number of rotatable bonds is 2. The third-order valence-corrected chi connectivity index (χ3v) is 3.33. The van der Waals surface area contributed by atoms with Crippen molar-refractivity contribution in [2.75, 3.05) is 0 Å². The molecule has 3 nitrogen and oxygen atoms in total. The highest BCUT2D eigenvalue weighted by molar-refractivity contribution is 7.89. The normalized spacial score (nSPS) is 14.7. The van der Waals surface area contributed by atoms with Crippen molar-refractivity contribution in [3.63, 3.8) is 0 Å². The fourth-order valence-electron chi connectivity index (χ4n) is 1.43. The minimum absolute atomic E-state index is 0.00255. The summed E-state index contributed by atoms with van der Waals surface area (Å²) in [4.78, 5) is 0. The van der Waals surface area contributed by atoms with Gasteiger partial charge < -0.3 is 0 Å². The molecule has 0 heterocycles. The summed E-state index contributed by atoms with van der Waals surface area (Å²) in [5, 5.41) is 1.64. The molecule has 0 radical (unpaired) electrons. The Bertz CT molecular complexity index is 524. The van der Waals surface area contributed by atoms with Crippen molar-refractivity contribution in [1.82, 2.24) is 0 Å². The van der Waals surface area contributed by atoms with Gasteiger partial charge in [0.15, 0.2) is 5.25 Å². The van der Waals surface area contributed by atoms with Crippen LogP contribution >= 0.6 is 0 Å². The quantitative estimate of drug-likeness (QED) is 0.836. The summed E-state index contributed by atoms with van der Waals surface area (Å²) in [5.74, 6) is -0.955. The van der Waals surface area contributed by atoms with Gasteiger partial charge in [-0.1, -0.05) is 6.07 Å². The average Bonchev–Trinajstić information content (AvgIpc) is 2.06. The topological polar surface area (TPSA) is 60.2 Å². The average molecular weight is 271 g/mol. The number of alkyl halides is 3. The third-order valence-electron chi connectivity index (χ3n) is 2.15. The number of hydrogen-bond donors (Lipinski definition) is 1. The van der Waals surface area contributed by atoms with Crippen LogP contribution in [0.5, 0.6) is 0 Å². The van der Waals surface area contributed by atoms with E-state index in [4.69, 9.17) is 0 Å². The van der Waals surface area contributed by atoms with E-state index in [0.29, 0.717) is 6.07 Å². The van der Waals surface area contributed by atoms with Gasteiger partial charge >= 0.3 is 6.18 Å². The van der Waals surface area contributed by atoms with Crippen LogP contribution in [0.2, 0.25) is 0 Å². The second kappa shape index (κ2) is 4.26. The molecule has 0 aliphatic carbocycles. The van der Waals surface area contributed by atoms with Crippen LogP contribution in [0, 0.1) is 12.7 Å². The summed E-state index contributed by atoms with van der Waals surface area (Å²) in [7, 11) is -4.91. The lowest BCUT2D eigenvalue weighted by molar-refractivity contribution is -0.131. The summed E-state index contributed by atoms with van der Waals surface area (Å²) < 4.78 is 72.7. The number of hydrogen-bond acceptors (Lipinski definition) is 2. The number of halogens is 4. The summed E-state index contributed by atoms with van der Waals surface area (Å²) >= 11 is 0. The van der Waals surface area contributed by atoms with Crippen molar-refractivity contribution in [3.8, 4) is 0 Å². The number of aryl methyl sites for hydroxylation is 1. The molecule has 0 aliphatic rings. The first kappa shape index (κ1) is 13.9. The number of benzene rings is 1. The summed E-state index contributed by atoms with van der Waals surface area (Å²) in [6.07, 6.45) is -5.09. The largest absolute Gasteiger partial charge is 0.410 e. The van der Waals surface area contributed by atoms with Gasteiger partial charge in [-0.2, -0.15) is 13.2 Å². The summed E-state index contributed by atoms with van der Waals surface area (Å²) in [6, 6.07) is 2.53. The first-order valence-corrected chi connectivity index (χ1v) is 5.99. The Hall–Kier alpha value is -1.15. The highest BCUT2D eigenvalue weighted by atomic mass is 32.2. The molecule has 0 aromatic heterocycles. The van der Waals surface area contributed by atoms with Crippen LogP contribution in [0.4, 0.5) is 17.6 Å². The van der Waals surface area contributed by atoms with E-state index in [0.717, 1.165) is 12.1 Å². The number of nitrogens with two attached hydrogens (primary N) is 1. The SMILES string of the molecule is Cc1ccc(F)cc1C(C(F)(F)F)S(N)(=O)=O. The lowest BCUT2D eigenvalue weighted by Crippen LogP contribution is -2.34. The van der Waals surface area contributed by atoms with E-state index in [1.54, 1.807) is 0 Å². The Morgan fingerprint density at radius 3 is 2.24 bits per heavy atom. The maximum atomic E-state index is 12.9. The standard InChI is InChI=1S/C9H9F4NO2S/c1-5-2-3-6(10)4-7(5)8(9(11,12)13)17(14,15)16/h2-4,8H,1H3,(H2,14,15,16). The van der Waals surface area contributed by atoms with Crippen molar-refractivity contribution in [3.05, 3.63) is 35.1 Å². The van der Waals surface area contributed by atoms with Crippen molar-refractivity contribution in [2.45, 2.75) is 18.3 Å². The highest BCUT2D eigenvalue weighted by Gasteiger charge is 2.49. The minimum Gasteiger partial charge on any atom is -0.228 e. The van der Waals surface area contributed by atoms with Gasteiger partial charge in [-0.3, -0.25) is 0 Å². The maximum absolute atomic E-state index is 12.9. The van der Waals surface area contributed by atoms with Crippen LogP contribution in [-0.4, -0.2) is 14.6 Å². The van der Waals surface area contributed by atoms with E-state index in [-0.39, 0.29) is 5.56 Å². The van der Waals surface area contributed by atoms with E-state index in [1.165, 1.54) is 6.92 Å². The fraction of sp³-hybridized carbons (Fsp3) is 0.333. The molecule has 17 heavy (non-hydrogen) atoms. The van der Waals surface area contributed by atoms with Crippen LogP contribution < -0.4 is 5.14 Å². The molecule has 1 atom stereocenters. The second-order valence-electron chi connectivity index (χ2n) is 3.51. The summed E-state index contributed by atoms with van der Waals surface area (Å²) in [6.45, 7) is 1.25. The second-order valence-corrected chi connectivity index (χ2v) is 5.16. The number of primary sulfonamides is 1. The Labute approximate surface area is 95.3 Å². The van der Waals surface area contributed by atoms with Crippen LogP contribution in [0.15, 0.2) is 18.2 Å². The molecule has 0 amide bonds. The first-order chi connectivity index (χ1) is 7.53. The van der Waals surface area contributed by atoms with Crippen molar-refractivity contribution < 1.29 is 26.0 Å². The molecule has 0 saturated carbocycles. The highest BCUT2D eigenvalue weighted by Crippen LogP contribution is 2.39. The molecule has 8 heteroatoms. The van der Waals surface area contributed by atoms with Gasteiger partial charge in [-0.05, 0) is 30.2 Å². The molecule has 0 fully saturated rings. The maximum Gasteiger partial charge on any atom is 0.410 e. The molecule has 0 aliphatic heterocycles. The van der Waals surface area contributed by atoms with Crippen molar-refractivity contribution >= 4 is 10.0 Å². The predicted molar refractivity (Wildman–Crippen MR) is 53.0 cm³/mol. The Balaban J connectivity index is 3.49. The van der Waals surface area contributed by atoms with Crippen molar-refractivity contribution in [1.29, 1.82) is 0 Å². The molecule has 0 bridgehead atoms. The molecule has 2 N–H and O–H groups in total. The Morgan fingerprint density at radius 1 is 1.29 bits per heavy atom. The monoisotopic (exact) mass is 271 g/mol. The number of sulfonamides is 1. The van der Waals surface area contributed by atoms with E-state index in [2.05, 4.69) is 5.14 Å². The van der Waals surface area contributed by atoms with Gasteiger partial charge in [0, 0.05) is 0 Å². The zero-order valence-electron chi connectivity index (χ0n) is 8.62. The smallest absolute Gasteiger partial charge is 0.228 e. The van der Waals surface area contributed by atoms with Gasteiger partial charge in [0.05, 0.1) is 0 Å². The first-order valence-electron chi connectivity index (χ1n) is 4.38. The Morgan fingerprint density at radius 2 is 1.82 bits per heavy atom. The summed E-state index contributed by atoms with van der Waals surface area (Å²) in [5.41, 5.74) is -0.692. The van der Waals surface area contributed by atoms with E-state index in [1.807, 2.05) is 0 Å². The predicted octanol–water partition coefficient (Wildman–Crippen LogP) is 2.03. The zero-order chi connectivity index (χ0) is 13.4. The van der Waals surface area contributed by atoms with Gasteiger partial charge in [0.2, 0.25) is 10.0 Å². The van der Waals surface area contributed by atoms with Crippen LogP contribution in [0.25, 0.3) is 0 Å². The van der Waals surface area contributed by atoms with Crippen LogP contribution in [-0.2, 0) is 10.0 Å². The molecule has 96 valence electrons. The molecule has 0 saturated heterocycles. The molecule has 1 aromatic rings. The van der Waals surface area contributed by atoms with Gasteiger partial charge in [0.1, 0.15) is 5.82 Å². The zero-order valence-corrected chi connectivity index (χ0v) is 9.44. The van der Waals surface area contributed by atoms with E-state index >= 15 is 0 Å². The molecular weight excluding hydrogens is 262 g/mol. The molecule has 0 spiro atoms. The molecule has 1 rings (SSSR count).